The minimum absolute atomic E-state index is 0.732. The van der Waals surface area contributed by atoms with Gasteiger partial charge in [0, 0.05) is 39.6 Å². The number of alkyl halides is 1. The van der Waals surface area contributed by atoms with Gasteiger partial charge >= 0.3 is 0 Å². The number of hydrogen-bond donors (Lipinski definition) is 0. The number of thioether (sulfide) groups is 1. The van der Waals surface area contributed by atoms with Crippen molar-refractivity contribution in [2.75, 3.05) is 23.7 Å². The summed E-state index contributed by atoms with van der Waals surface area (Å²) in [7, 11) is 0. The van der Waals surface area contributed by atoms with Crippen molar-refractivity contribution in [1.82, 2.24) is 0 Å². The van der Waals surface area contributed by atoms with Crippen LogP contribution in [0.2, 0.25) is 0 Å². The fourth-order valence-electron chi connectivity index (χ4n) is 1.98. The Balaban J connectivity index is 2.26. The lowest BCUT2D eigenvalue weighted by Gasteiger charge is -2.33. The van der Waals surface area contributed by atoms with Crippen LogP contribution in [-0.4, -0.2) is 24.1 Å². The molecule has 0 bridgehead atoms. The van der Waals surface area contributed by atoms with Gasteiger partial charge in [-0.15, -0.1) is 0 Å². The first-order valence-corrected chi connectivity index (χ1v) is 8.38. The average molecular weight is 365 g/mol. The van der Waals surface area contributed by atoms with Gasteiger partial charge in [-0.25, -0.2) is 0 Å². The van der Waals surface area contributed by atoms with E-state index in [1.807, 2.05) is 0 Å². The first-order valence-electron chi connectivity index (χ1n) is 5.41. The van der Waals surface area contributed by atoms with Crippen LogP contribution in [-0.2, 0) is 5.33 Å². The third-order valence-corrected chi connectivity index (χ3v) is 5.01. The zero-order valence-electron chi connectivity index (χ0n) is 9.25. The normalized spacial score (nSPS) is 21.2. The zero-order valence-corrected chi connectivity index (χ0v) is 13.2. The molecule has 0 N–H and O–H groups in total. The first-order chi connectivity index (χ1) is 7.70. The van der Waals surface area contributed by atoms with E-state index in [4.69, 9.17) is 0 Å². The third kappa shape index (κ3) is 2.96. The van der Waals surface area contributed by atoms with E-state index in [1.54, 1.807) is 0 Å². The molecule has 0 aromatic heterocycles. The summed E-state index contributed by atoms with van der Waals surface area (Å²) in [5, 5.41) is 1.66. The van der Waals surface area contributed by atoms with Gasteiger partial charge in [-0.3, -0.25) is 0 Å². The molecule has 0 amide bonds. The highest BCUT2D eigenvalue weighted by molar-refractivity contribution is 9.10. The second-order valence-electron chi connectivity index (χ2n) is 4.03. The molecule has 4 heteroatoms. The molecule has 1 aromatic rings. The van der Waals surface area contributed by atoms with E-state index in [1.165, 1.54) is 17.0 Å². The number of halogens is 2. The first kappa shape index (κ1) is 12.8. The summed E-state index contributed by atoms with van der Waals surface area (Å²) in [6.45, 7) is 4.62. The molecule has 1 fully saturated rings. The zero-order chi connectivity index (χ0) is 11.5. The second-order valence-corrected chi connectivity index (χ2v) is 7.06. The fourth-order valence-corrected chi connectivity index (χ4v) is 3.82. The second kappa shape index (κ2) is 5.78. The Morgan fingerprint density at radius 3 is 3.00 bits per heavy atom. The van der Waals surface area contributed by atoms with Crippen molar-refractivity contribution in [3.05, 3.63) is 28.2 Å². The Kier molecular flexibility index (Phi) is 4.62. The maximum Gasteiger partial charge on any atom is 0.0419 e. The largest absolute Gasteiger partial charge is 0.369 e. The van der Waals surface area contributed by atoms with Gasteiger partial charge in [0.1, 0.15) is 0 Å². The summed E-state index contributed by atoms with van der Waals surface area (Å²) in [6.07, 6.45) is 0. The SMILES string of the molecule is CC1CN(c2cc(Br)ccc2CBr)CCS1. The molecule has 1 atom stereocenters. The number of anilines is 1. The van der Waals surface area contributed by atoms with E-state index < -0.39 is 0 Å². The van der Waals surface area contributed by atoms with Crippen LogP contribution >= 0.6 is 43.6 Å². The van der Waals surface area contributed by atoms with E-state index in [9.17, 15) is 0 Å². The van der Waals surface area contributed by atoms with Crippen molar-refractivity contribution in [3.63, 3.8) is 0 Å². The number of rotatable bonds is 2. The summed E-state index contributed by atoms with van der Waals surface area (Å²) in [5.41, 5.74) is 2.75. The van der Waals surface area contributed by atoms with Crippen LogP contribution in [0.3, 0.4) is 0 Å². The molecule has 1 aliphatic rings. The minimum Gasteiger partial charge on any atom is -0.369 e. The summed E-state index contributed by atoms with van der Waals surface area (Å²) in [5.74, 6) is 1.23. The molecule has 16 heavy (non-hydrogen) atoms. The topological polar surface area (TPSA) is 3.24 Å². The molecule has 1 nitrogen and oxygen atoms in total. The van der Waals surface area contributed by atoms with Gasteiger partial charge in [0.05, 0.1) is 0 Å². The molecule has 0 radical (unpaired) electrons. The average Bonchev–Trinajstić information content (AvgIpc) is 2.29. The Bertz CT molecular complexity index is 370. The van der Waals surface area contributed by atoms with Crippen LogP contribution in [0.1, 0.15) is 12.5 Å². The molecule has 1 saturated heterocycles. The van der Waals surface area contributed by atoms with Crippen molar-refractivity contribution in [2.24, 2.45) is 0 Å². The maximum absolute atomic E-state index is 3.57. The van der Waals surface area contributed by atoms with Gasteiger partial charge in [-0.2, -0.15) is 11.8 Å². The third-order valence-electron chi connectivity index (χ3n) is 2.77. The standard InChI is InChI=1S/C12H15Br2NS/c1-9-8-15(4-5-16-9)12-6-11(14)3-2-10(12)7-13/h2-3,6,9H,4-5,7-8H2,1H3. The van der Waals surface area contributed by atoms with Crippen molar-refractivity contribution in [3.8, 4) is 0 Å². The molecule has 1 aromatic carbocycles. The smallest absolute Gasteiger partial charge is 0.0419 e. The van der Waals surface area contributed by atoms with Crippen molar-refractivity contribution in [2.45, 2.75) is 17.5 Å². The number of benzene rings is 1. The summed E-state index contributed by atoms with van der Waals surface area (Å²) in [6, 6.07) is 6.54. The van der Waals surface area contributed by atoms with Gasteiger partial charge in [0.25, 0.3) is 0 Å². The van der Waals surface area contributed by atoms with Gasteiger partial charge in [-0.1, -0.05) is 44.8 Å². The number of nitrogens with zero attached hydrogens (tertiary/aromatic N) is 1. The summed E-state index contributed by atoms with van der Waals surface area (Å²) < 4.78 is 1.16. The Labute approximate surface area is 118 Å². The molecule has 2 rings (SSSR count). The van der Waals surface area contributed by atoms with Crippen LogP contribution in [0.4, 0.5) is 5.69 Å². The highest BCUT2D eigenvalue weighted by atomic mass is 79.9. The predicted molar refractivity (Wildman–Crippen MR) is 80.9 cm³/mol. The van der Waals surface area contributed by atoms with Gasteiger partial charge in [0.2, 0.25) is 0 Å². The van der Waals surface area contributed by atoms with Crippen LogP contribution in [0.15, 0.2) is 22.7 Å². The molecular formula is C12H15Br2NS. The predicted octanol–water partition coefficient (Wildman–Crippen LogP) is 4.29. The highest BCUT2D eigenvalue weighted by Crippen LogP contribution is 2.30. The van der Waals surface area contributed by atoms with Gasteiger partial charge < -0.3 is 4.90 Å². The fraction of sp³-hybridized carbons (Fsp3) is 0.500. The van der Waals surface area contributed by atoms with Gasteiger partial charge in [-0.05, 0) is 17.7 Å². The Morgan fingerprint density at radius 2 is 2.31 bits per heavy atom. The molecule has 0 aliphatic carbocycles. The Hall–Kier alpha value is 0.330. The molecule has 88 valence electrons. The van der Waals surface area contributed by atoms with E-state index in [0.29, 0.717) is 0 Å². The molecule has 1 heterocycles. The Morgan fingerprint density at radius 1 is 1.50 bits per heavy atom. The molecule has 0 saturated carbocycles. The monoisotopic (exact) mass is 363 g/mol. The van der Waals surface area contributed by atoms with Crippen LogP contribution in [0, 0.1) is 0 Å². The molecular weight excluding hydrogens is 350 g/mol. The van der Waals surface area contributed by atoms with Crippen LogP contribution in [0.25, 0.3) is 0 Å². The van der Waals surface area contributed by atoms with E-state index >= 15 is 0 Å². The van der Waals surface area contributed by atoms with E-state index in [-0.39, 0.29) is 0 Å². The van der Waals surface area contributed by atoms with E-state index in [2.05, 4.69) is 73.6 Å². The maximum atomic E-state index is 3.57. The van der Waals surface area contributed by atoms with Crippen LogP contribution in [0.5, 0.6) is 0 Å². The van der Waals surface area contributed by atoms with Crippen molar-refractivity contribution >= 4 is 49.3 Å². The molecule has 1 aliphatic heterocycles. The summed E-state index contributed by atoms with van der Waals surface area (Å²) in [4.78, 5) is 2.50. The quantitative estimate of drug-likeness (QED) is 0.720. The van der Waals surface area contributed by atoms with Crippen LogP contribution < -0.4 is 4.90 Å². The lowest BCUT2D eigenvalue weighted by atomic mass is 10.1. The minimum atomic E-state index is 0.732. The molecule has 1 unspecified atom stereocenters. The molecule has 0 spiro atoms. The lowest BCUT2D eigenvalue weighted by molar-refractivity contribution is 0.780. The van der Waals surface area contributed by atoms with Crippen molar-refractivity contribution in [1.29, 1.82) is 0 Å². The van der Waals surface area contributed by atoms with Crippen molar-refractivity contribution < 1.29 is 0 Å². The van der Waals surface area contributed by atoms with Gasteiger partial charge in [0.15, 0.2) is 0 Å². The lowest BCUT2D eigenvalue weighted by Crippen LogP contribution is -2.37. The number of hydrogen-bond acceptors (Lipinski definition) is 2. The highest BCUT2D eigenvalue weighted by Gasteiger charge is 2.19. The van der Waals surface area contributed by atoms with E-state index in [0.717, 1.165) is 28.1 Å². The summed E-state index contributed by atoms with van der Waals surface area (Å²) >= 11 is 9.20.